The summed E-state index contributed by atoms with van der Waals surface area (Å²) in [5, 5.41) is 3.47. The molecule has 6 heteroatoms. The number of nitrogens with zero attached hydrogens (tertiary/aromatic N) is 2. The van der Waals surface area contributed by atoms with E-state index in [1.54, 1.807) is 7.11 Å². The van der Waals surface area contributed by atoms with Crippen molar-refractivity contribution in [2.75, 3.05) is 26.9 Å². The fourth-order valence-corrected chi connectivity index (χ4v) is 2.33. The van der Waals surface area contributed by atoms with E-state index >= 15 is 0 Å². The first-order chi connectivity index (χ1) is 8.90. The first-order valence-corrected chi connectivity index (χ1v) is 6.07. The van der Waals surface area contributed by atoms with Crippen LogP contribution in [-0.2, 0) is 4.74 Å². The van der Waals surface area contributed by atoms with Crippen LogP contribution in [0.2, 0.25) is 0 Å². The highest BCUT2D eigenvalue weighted by molar-refractivity contribution is 5.83. The quantitative estimate of drug-likeness (QED) is 0.830. The number of ether oxygens (including phenoxy) is 2. The molecule has 1 aliphatic heterocycles. The zero-order valence-electron chi connectivity index (χ0n) is 10.3. The average molecular weight is 248 g/mol. The number of fused-ring (bicyclic) bond motifs is 1. The molecule has 2 N–H and O–H groups in total. The Hall–Kier alpha value is -1.66. The molecule has 0 saturated carbocycles. The first kappa shape index (κ1) is 11.4. The zero-order chi connectivity index (χ0) is 12.4. The van der Waals surface area contributed by atoms with Gasteiger partial charge < -0.3 is 19.8 Å². The Labute approximate surface area is 105 Å². The minimum atomic E-state index is 0.265. The molecule has 0 spiro atoms. The third-order valence-electron chi connectivity index (χ3n) is 3.21. The number of aromatic amines is 1. The van der Waals surface area contributed by atoms with Crippen LogP contribution in [0.15, 0.2) is 12.5 Å². The summed E-state index contributed by atoms with van der Waals surface area (Å²) >= 11 is 0. The van der Waals surface area contributed by atoms with E-state index in [9.17, 15) is 0 Å². The smallest absolute Gasteiger partial charge is 0.241 e. The van der Waals surface area contributed by atoms with E-state index in [2.05, 4.69) is 20.3 Å². The van der Waals surface area contributed by atoms with Crippen molar-refractivity contribution in [3.8, 4) is 5.88 Å². The Balaban J connectivity index is 2.01. The standard InChI is InChI=1S/C12H16N4O2/c1-17-12-11-10(15-7-16-12)8(6-14-11)9-2-4-18-5-3-13-9/h6-7,9,13-14H,2-5H2,1H3. The van der Waals surface area contributed by atoms with Gasteiger partial charge in [-0.05, 0) is 6.42 Å². The summed E-state index contributed by atoms with van der Waals surface area (Å²) in [7, 11) is 1.61. The Morgan fingerprint density at radius 3 is 3.22 bits per heavy atom. The van der Waals surface area contributed by atoms with E-state index in [1.807, 2.05) is 6.20 Å². The second-order valence-electron chi connectivity index (χ2n) is 4.26. The number of hydrogen-bond acceptors (Lipinski definition) is 5. The molecule has 2 aromatic rings. The first-order valence-electron chi connectivity index (χ1n) is 6.07. The molecule has 1 fully saturated rings. The van der Waals surface area contributed by atoms with E-state index in [4.69, 9.17) is 9.47 Å². The Kier molecular flexibility index (Phi) is 3.12. The Bertz CT molecular complexity index is 532. The van der Waals surface area contributed by atoms with Crippen LogP contribution in [0.5, 0.6) is 5.88 Å². The summed E-state index contributed by atoms with van der Waals surface area (Å²) in [4.78, 5) is 11.6. The van der Waals surface area contributed by atoms with Crippen LogP contribution < -0.4 is 10.1 Å². The second kappa shape index (κ2) is 4.91. The van der Waals surface area contributed by atoms with Crippen LogP contribution in [0.25, 0.3) is 11.0 Å². The monoisotopic (exact) mass is 248 g/mol. The van der Waals surface area contributed by atoms with Crippen LogP contribution in [0, 0.1) is 0 Å². The molecule has 0 aromatic carbocycles. The predicted molar refractivity (Wildman–Crippen MR) is 66.6 cm³/mol. The SMILES string of the molecule is COc1ncnc2c(C3CCOCCN3)c[nH]c12. The van der Waals surface area contributed by atoms with Gasteiger partial charge in [-0.1, -0.05) is 0 Å². The van der Waals surface area contributed by atoms with E-state index in [0.717, 1.165) is 42.8 Å². The van der Waals surface area contributed by atoms with Crippen molar-refractivity contribution in [3.05, 3.63) is 18.1 Å². The van der Waals surface area contributed by atoms with Crippen molar-refractivity contribution >= 4 is 11.0 Å². The molecule has 0 radical (unpaired) electrons. The highest BCUT2D eigenvalue weighted by Crippen LogP contribution is 2.28. The largest absolute Gasteiger partial charge is 0.479 e. The van der Waals surface area contributed by atoms with Crippen molar-refractivity contribution in [2.24, 2.45) is 0 Å². The maximum absolute atomic E-state index is 5.45. The molecule has 3 rings (SSSR count). The third kappa shape index (κ3) is 1.93. The molecule has 18 heavy (non-hydrogen) atoms. The van der Waals surface area contributed by atoms with Crippen LogP contribution in [-0.4, -0.2) is 41.8 Å². The molecule has 2 aromatic heterocycles. The lowest BCUT2D eigenvalue weighted by molar-refractivity contribution is 0.150. The number of H-pyrrole nitrogens is 1. The maximum Gasteiger partial charge on any atom is 0.241 e. The summed E-state index contributed by atoms with van der Waals surface area (Å²) in [5.41, 5.74) is 2.92. The molecular formula is C12H16N4O2. The summed E-state index contributed by atoms with van der Waals surface area (Å²) in [6, 6.07) is 0.265. The number of aromatic nitrogens is 3. The molecule has 96 valence electrons. The van der Waals surface area contributed by atoms with Crippen LogP contribution in [0.1, 0.15) is 18.0 Å². The number of nitrogens with one attached hydrogen (secondary N) is 2. The minimum absolute atomic E-state index is 0.265. The summed E-state index contributed by atoms with van der Waals surface area (Å²) in [5.74, 6) is 0.580. The predicted octanol–water partition coefficient (Wildman–Crippen LogP) is 1.02. The van der Waals surface area contributed by atoms with Gasteiger partial charge in [0.1, 0.15) is 17.4 Å². The molecule has 1 saturated heterocycles. The van der Waals surface area contributed by atoms with Gasteiger partial charge in [0.2, 0.25) is 5.88 Å². The minimum Gasteiger partial charge on any atom is -0.479 e. The van der Waals surface area contributed by atoms with Gasteiger partial charge in [0.15, 0.2) is 0 Å². The van der Waals surface area contributed by atoms with Crippen molar-refractivity contribution < 1.29 is 9.47 Å². The van der Waals surface area contributed by atoms with Gasteiger partial charge >= 0.3 is 0 Å². The second-order valence-corrected chi connectivity index (χ2v) is 4.26. The highest BCUT2D eigenvalue weighted by atomic mass is 16.5. The van der Waals surface area contributed by atoms with Gasteiger partial charge in [-0.3, -0.25) is 0 Å². The normalized spacial score (nSPS) is 20.8. The topological polar surface area (TPSA) is 72.1 Å². The molecule has 0 aliphatic carbocycles. The van der Waals surface area contributed by atoms with Crippen LogP contribution in [0.3, 0.4) is 0 Å². The molecule has 3 heterocycles. The van der Waals surface area contributed by atoms with Gasteiger partial charge in [0, 0.05) is 31.0 Å². The Morgan fingerprint density at radius 1 is 1.39 bits per heavy atom. The van der Waals surface area contributed by atoms with Crippen molar-refractivity contribution in [1.82, 2.24) is 20.3 Å². The lowest BCUT2D eigenvalue weighted by Crippen LogP contribution is -2.21. The van der Waals surface area contributed by atoms with Crippen molar-refractivity contribution in [1.29, 1.82) is 0 Å². The van der Waals surface area contributed by atoms with Gasteiger partial charge in [0.05, 0.1) is 13.7 Å². The van der Waals surface area contributed by atoms with E-state index in [-0.39, 0.29) is 6.04 Å². The van der Waals surface area contributed by atoms with Crippen LogP contribution in [0.4, 0.5) is 0 Å². The van der Waals surface area contributed by atoms with Gasteiger partial charge in [-0.15, -0.1) is 0 Å². The molecule has 0 bridgehead atoms. The van der Waals surface area contributed by atoms with Gasteiger partial charge in [0.25, 0.3) is 0 Å². The van der Waals surface area contributed by atoms with Crippen molar-refractivity contribution in [3.63, 3.8) is 0 Å². The summed E-state index contributed by atoms with van der Waals surface area (Å²) in [6.45, 7) is 2.39. The molecular weight excluding hydrogens is 232 g/mol. The highest BCUT2D eigenvalue weighted by Gasteiger charge is 2.19. The number of methoxy groups -OCH3 is 1. The zero-order valence-corrected chi connectivity index (χ0v) is 10.3. The lowest BCUT2D eigenvalue weighted by atomic mass is 10.1. The number of hydrogen-bond donors (Lipinski definition) is 2. The fraction of sp³-hybridized carbons (Fsp3) is 0.500. The van der Waals surface area contributed by atoms with E-state index in [0.29, 0.717) is 5.88 Å². The molecule has 1 unspecified atom stereocenters. The molecule has 6 nitrogen and oxygen atoms in total. The van der Waals surface area contributed by atoms with Gasteiger partial charge in [-0.2, -0.15) is 4.98 Å². The number of rotatable bonds is 2. The van der Waals surface area contributed by atoms with E-state index < -0.39 is 0 Å². The molecule has 0 amide bonds. The van der Waals surface area contributed by atoms with Gasteiger partial charge in [-0.25, -0.2) is 4.98 Å². The van der Waals surface area contributed by atoms with Crippen LogP contribution >= 0.6 is 0 Å². The van der Waals surface area contributed by atoms with Crippen molar-refractivity contribution in [2.45, 2.75) is 12.5 Å². The Morgan fingerprint density at radius 2 is 2.33 bits per heavy atom. The lowest BCUT2D eigenvalue weighted by Gasteiger charge is -2.13. The molecule has 1 aliphatic rings. The summed E-state index contributed by atoms with van der Waals surface area (Å²) < 4.78 is 10.7. The fourth-order valence-electron chi connectivity index (χ4n) is 2.33. The summed E-state index contributed by atoms with van der Waals surface area (Å²) in [6.07, 6.45) is 4.45. The van der Waals surface area contributed by atoms with E-state index in [1.165, 1.54) is 6.33 Å². The third-order valence-corrected chi connectivity index (χ3v) is 3.21. The average Bonchev–Trinajstić information content (AvgIpc) is 2.66. The molecule has 1 atom stereocenters. The maximum atomic E-state index is 5.45.